The van der Waals surface area contributed by atoms with Crippen molar-refractivity contribution < 1.29 is 14.5 Å². The molecule has 2 rings (SSSR count). The van der Waals surface area contributed by atoms with E-state index in [0.717, 1.165) is 11.1 Å². The SMILES string of the molecule is Cc1cc(NC(=O)COC2(C)CNC2)c([N+](=O)[O-])cc1C. The van der Waals surface area contributed by atoms with E-state index in [1.165, 1.54) is 6.07 Å². The maximum atomic E-state index is 11.9. The van der Waals surface area contributed by atoms with Gasteiger partial charge >= 0.3 is 0 Å². The van der Waals surface area contributed by atoms with Gasteiger partial charge in [-0.1, -0.05) is 0 Å². The minimum Gasteiger partial charge on any atom is -0.363 e. The highest BCUT2D eigenvalue weighted by Crippen LogP contribution is 2.28. The van der Waals surface area contributed by atoms with E-state index in [0.29, 0.717) is 13.1 Å². The highest BCUT2D eigenvalue weighted by molar-refractivity contribution is 5.94. The lowest BCUT2D eigenvalue weighted by molar-refractivity contribution is -0.384. The van der Waals surface area contributed by atoms with Crippen LogP contribution in [0.4, 0.5) is 11.4 Å². The summed E-state index contributed by atoms with van der Waals surface area (Å²) < 4.78 is 5.51. The minimum atomic E-state index is -0.500. The Bertz CT molecular complexity index is 582. The van der Waals surface area contributed by atoms with Crippen molar-refractivity contribution in [3.63, 3.8) is 0 Å². The third-order valence-corrected chi connectivity index (χ3v) is 3.63. The van der Waals surface area contributed by atoms with Gasteiger partial charge in [-0.25, -0.2) is 0 Å². The first-order chi connectivity index (χ1) is 9.81. The molecule has 0 aliphatic carbocycles. The number of amides is 1. The topological polar surface area (TPSA) is 93.5 Å². The fraction of sp³-hybridized carbons (Fsp3) is 0.500. The second-order valence-electron chi connectivity index (χ2n) is 5.60. The van der Waals surface area contributed by atoms with Gasteiger partial charge in [-0.05, 0) is 38.0 Å². The highest BCUT2D eigenvalue weighted by Gasteiger charge is 2.33. The first-order valence-electron chi connectivity index (χ1n) is 6.71. The molecule has 7 nitrogen and oxygen atoms in total. The molecule has 1 aromatic carbocycles. The van der Waals surface area contributed by atoms with Gasteiger partial charge in [0.1, 0.15) is 12.3 Å². The summed E-state index contributed by atoms with van der Waals surface area (Å²) in [6.45, 7) is 6.82. The zero-order chi connectivity index (χ0) is 15.6. The molecule has 0 unspecified atom stereocenters. The molecule has 1 saturated heterocycles. The summed E-state index contributed by atoms with van der Waals surface area (Å²) in [5.41, 5.74) is 1.46. The number of carbonyl (C=O) groups excluding carboxylic acids is 1. The average Bonchev–Trinajstić information content (AvgIpc) is 2.37. The van der Waals surface area contributed by atoms with Gasteiger partial charge < -0.3 is 15.4 Å². The summed E-state index contributed by atoms with van der Waals surface area (Å²) in [7, 11) is 0. The van der Waals surface area contributed by atoms with Crippen LogP contribution >= 0.6 is 0 Å². The molecule has 1 aromatic rings. The summed E-state index contributed by atoms with van der Waals surface area (Å²) in [6, 6.07) is 3.07. The van der Waals surface area contributed by atoms with E-state index in [2.05, 4.69) is 10.6 Å². The largest absolute Gasteiger partial charge is 0.363 e. The fourth-order valence-corrected chi connectivity index (χ4v) is 2.06. The molecule has 0 atom stereocenters. The molecule has 0 bridgehead atoms. The van der Waals surface area contributed by atoms with Crippen LogP contribution in [0, 0.1) is 24.0 Å². The minimum absolute atomic E-state index is 0.108. The van der Waals surface area contributed by atoms with Crippen molar-refractivity contribution in [1.82, 2.24) is 5.32 Å². The predicted octanol–water partition coefficient (Wildman–Crippen LogP) is 1.53. The summed E-state index contributed by atoms with van der Waals surface area (Å²) in [4.78, 5) is 22.4. The summed E-state index contributed by atoms with van der Waals surface area (Å²) in [5.74, 6) is -0.394. The van der Waals surface area contributed by atoms with Crippen molar-refractivity contribution in [3.8, 4) is 0 Å². The Morgan fingerprint density at radius 2 is 2.05 bits per heavy atom. The van der Waals surface area contributed by atoms with Crippen LogP contribution < -0.4 is 10.6 Å². The molecule has 1 amide bonds. The molecule has 0 aromatic heterocycles. The van der Waals surface area contributed by atoms with Gasteiger partial charge in [-0.3, -0.25) is 14.9 Å². The lowest BCUT2D eigenvalue weighted by atomic mass is 10.0. The van der Waals surface area contributed by atoms with Gasteiger partial charge in [0.15, 0.2) is 0 Å². The molecule has 0 saturated carbocycles. The van der Waals surface area contributed by atoms with E-state index in [-0.39, 0.29) is 23.6 Å². The molecule has 0 spiro atoms. The zero-order valence-corrected chi connectivity index (χ0v) is 12.4. The number of nitro groups is 1. The van der Waals surface area contributed by atoms with E-state index >= 15 is 0 Å². The Labute approximate surface area is 122 Å². The van der Waals surface area contributed by atoms with Crippen LogP contribution in [-0.2, 0) is 9.53 Å². The maximum absolute atomic E-state index is 11.9. The van der Waals surface area contributed by atoms with Gasteiger partial charge in [0, 0.05) is 19.2 Å². The fourth-order valence-electron chi connectivity index (χ4n) is 2.06. The van der Waals surface area contributed by atoms with E-state index in [1.54, 1.807) is 13.0 Å². The van der Waals surface area contributed by atoms with Crippen LogP contribution in [0.2, 0.25) is 0 Å². The average molecular weight is 293 g/mol. The Morgan fingerprint density at radius 3 is 2.57 bits per heavy atom. The molecule has 1 heterocycles. The van der Waals surface area contributed by atoms with Gasteiger partial charge in [0.25, 0.3) is 11.6 Å². The Balaban J connectivity index is 2.05. The molecule has 0 radical (unpaired) electrons. The molecule has 114 valence electrons. The van der Waals surface area contributed by atoms with Crippen molar-refractivity contribution in [3.05, 3.63) is 33.4 Å². The standard InChI is InChI=1S/C14H19N3O4/c1-9-4-11(12(17(19)20)5-10(9)2)16-13(18)6-21-14(3)7-15-8-14/h4-5,15H,6-8H2,1-3H3,(H,16,18). The zero-order valence-electron chi connectivity index (χ0n) is 12.4. The second kappa shape index (κ2) is 5.79. The van der Waals surface area contributed by atoms with Gasteiger partial charge in [-0.15, -0.1) is 0 Å². The molecule has 7 heteroatoms. The van der Waals surface area contributed by atoms with E-state index in [1.807, 2.05) is 13.8 Å². The number of benzene rings is 1. The smallest absolute Gasteiger partial charge is 0.293 e. The Morgan fingerprint density at radius 1 is 1.43 bits per heavy atom. The van der Waals surface area contributed by atoms with E-state index < -0.39 is 10.8 Å². The number of hydrogen-bond donors (Lipinski definition) is 2. The van der Waals surface area contributed by atoms with Crippen LogP contribution in [0.15, 0.2) is 12.1 Å². The summed E-state index contributed by atoms with van der Waals surface area (Å²) in [5, 5.41) is 16.7. The van der Waals surface area contributed by atoms with Crippen molar-refractivity contribution >= 4 is 17.3 Å². The summed E-state index contributed by atoms with van der Waals surface area (Å²) in [6.07, 6.45) is 0. The van der Waals surface area contributed by atoms with Crippen LogP contribution in [-0.4, -0.2) is 36.1 Å². The number of nitro benzene ring substituents is 1. The molecule has 1 fully saturated rings. The quantitative estimate of drug-likeness (QED) is 0.634. The Kier molecular flexibility index (Phi) is 4.24. The van der Waals surface area contributed by atoms with Crippen LogP contribution in [0.5, 0.6) is 0 Å². The van der Waals surface area contributed by atoms with Crippen molar-refractivity contribution in [2.24, 2.45) is 0 Å². The first-order valence-corrected chi connectivity index (χ1v) is 6.71. The van der Waals surface area contributed by atoms with E-state index in [4.69, 9.17) is 4.74 Å². The van der Waals surface area contributed by atoms with Crippen LogP contribution in [0.1, 0.15) is 18.1 Å². The third kappa shape index (κ3) is 3.56. The normalized spacial score (nSPS) is 16.1. The van der Waals surface area contributed by atoms with Crippen molar-refractivity contribution in [2.75, 3.05) is 25.0 Å². The number of hydrogen-bond acceptors (Lipinski definition) is 5. The molecule has 1 aliphatic rings. The number of carbonyl (C=O) groups is 1. The molecular formula is C14H19N3O4. The molecule has 2 N–H and O–H groups in total. The molecular weight excluding hydrogens is 274 g/mol. The number of anilines is 1. The number of aryl methyl sites for hydroxylation is 2. The predicted molar refractivity (Wildman–Crippen MR) is 78.4 cm³/mol. The van der Waals surface area contributed by atoms with Gasteiger partial charge in [-0.2, -0.15) is 0 Å². The maximum Gasteiger partial charge on any atom is 0.293 e. The highest BCUT2D eigenvalue weighted by atomic mass is 16.6. The van der Waals surface area contributed by atoms with Crippen molar-refractivity contribution in [2.45, 2.75) is 26.4 Å². The lowest BCUT2D eigenvalue weighted by Crippen LogP contribution is -2.59. The monoisotopic (exact) mass is 293 g/mol. The van der Waals surface area contributed by atoms with Crippen molar-refractivity contribution in [1.29, 1.82) is 0 Å². The molecule has 21 heavy (non-hydrogen) atoms. The number of nitrogens with one attached hydrogen (secondary N) is 2. The molecule has 1 aliphatic heterocycles. The Hall–Kier alpha value is -1.99. The first kappa shape index (κ1) is 15.4. The number of nitrogens with zero attached hydrogens (tertiary/aromatic N) is 1. The number of ether oxygens (including phenoxy) is 1. The van der Waals surface area contributed by atoms with Crippen LogP contribution in [0.3, 0.4) is 0 Å². The lowest BCUT2D eigenvalue weighted by Gasteiger charge is -2.38. The van der Waals surface area contributed by atoms with E-state index in [9.17, 15) is 14.9 Å². The number of rotatable bonds is 5. The van der Waals surface area contributed by atoms with Gasteiger partial charge in [0.05, 0.1) is 10.5 Å². The van der Waals surface area contributed by atoms with Gasteiger partial charge in [0.2, 0.25) is 0 Å². The third-order valence-electron chi connectivity index (χ3n) is 3.63. The summed E-state index contributed by atoms with van der Waals surface area (Å²) >= 11 is 0. The van der Waals surface area contributed by atoms with Crippen LogP contribution in [0.25, 0.3) is 0 Å². The second-order valence-corrected chi connectivity index (χ2v) is 5.60.